The smallest absolute Gasteiger partial charge is 0.257 e. The van der Waals surface area contributed by atoms with E-state index in [4.69, 9.17) is 22.1 Å². The number of halogens is 2. The van der Waals surface area contributed by atoms with Crippen LogP contribution in [-0.4, -0.2) is 43.0 Å². The normalized spacial score (nSPS) is 11.3. The summed E-state index contributed by atoms with van der Waals surface area (Å²) in [4.78, 5) is 3.92. The van der Waals surface area contributed by atoms with E-state index >= 15 is 0 Å². The summed E-state index contributed by atoms with van der Waals surface area (Å²) < 4.78 is 44.5. The number of hydrogen-bond donors (Lipinski definition) is 3. The lowest BCUT2D eigenvalue weighted by molar-refractivity contribution is 0.309. The van der Waals surface area contributed by atoms with Crippen LogP contribution in [0, 0.1) is 5.82 Å². The van der Waals surface area contributed by atoms with Crippen LogP contribution < -0.4 is 20.5 Å². The number of hydrogen-bond acceptors (Lipinski definition) is 8. The number of nitrogens with two attached hydrogens (primary N) is 1. The number of benzene rings is 1. The molecule has 30 heavy (non-hydrogen) atoms. The Morgan fingerprint density at radius 2 is 2.00 bits per heavy atom. The Hall–Kier alpha value is -3.02. The van der Waals surface area contributed by atoms with Crippen molar-refractivity contribution in [2.75, 3.05) is 30.5 Å². The van der Waals surface area contributed by atoms with Gasteiger partial charge in [-0.1, -0.05) is 11.6 Å². The van der Waals surface area contributed by atoms with Gasteiger partial charge in [-0.05, 0) is 30.3 Å². The first-order valence-corrected chi connectivity index (χ1v) is 10.9. The summed E-state index contributed by atoms with van der Waals surface area (Å²) >= 11 is 5.97. The number of sulfonamides is 1. The van der Waals surface area contributed by atoms with Crippen LogP contribution in [0.3, 0.4) is 0 Å². The molecule has 2 heterocycles. The van der Waals surface area contributed by atoms with Crippen LogP contribution in [0.5, 0.6) is 5.88 Å². The van der Waals surface area contributed by atoms with Crippen molar-refractivity contribution in [3.63, 3.8) is 0 Å². The zero-order valence-corrected chi connectivity index (χ0v) is 17.3. The molecule has 158 valence electrons. The average Bonchev–Trinajstić information content (AvgIpc) is 2.67. The predicted octanol–water partition coefficient (Wildman–Crippen LogP) is 2.58. The fourth-order valence-corrected chi connectivity index (χ4v) is 3.08. The van der Waals surface area contributed by atoms with E-state index in [1.54, 1.807) is 12.1 Å². The lowest BCUT2D eigenvalue weighted by Crippen LogP contribution is -2.27. The number of nitrogen functional groups attached to an aromatic ring is 1. The Morgan fingerprint density at radius 3 is 2.73 bits per heavy atom. The second-order valence-corrected chi connectivity index (χ2v) is 8.45. The van der Waals surface area contributed by atoms with E-state index in [2.05, 4.69) is 25.2 Å². The summed E-state index contributed by atoms with van der Waals surface area (Å²) in [5.41, 5.74) is 7.05. The fourth-order valence-electron chi connectivity index (χ4n) is 2.46. The Kier molecular flexibility index (Phi) is 6.65. The quantitative estimate of drug-likeness (QED) is 0.444. The van der Waals surface area contributed by atoms with E-state index in [0.717, 1.165) is 6.26 Å². The minimum Gasteiger partial charge on any atom is -0.474 e. The molecule has 0 aliphatic rings. The lowest BCUT2D eigenvalue weighted by atomic mass is 10.1. The van der Waals surface area contributed by atoms with Gasteiger partial charge in [0.25, 0.3) is 5.88 Å². The zero-order chi connectivity index (χ0) is 21.7. The molecule has 3 rings (SSSR count). The molecule has 0 saturated heterocycles. The molecule has 0 aliphatic carbocycles. The number of nitrogens with zero attached hydrogens (tertiary/aromatic N) is 3. The highest BCUT2D eigenvalue weighted by molar-refractivity contribution is 7.88. The molecule has 4 N–H and O–H groups in total. The highest BCUT2D eigenvalue weighted by Gasteiger charge is 2.14. The molecule has 0 radical (unpaired) electrons. The van der Waals surface area contributed by atoms with Gasteiger partial charge in [0.15, 0.2) is 0 Å². The second-order valence-electron chi connectivity index (χ2n) is 6.18. The zero-order valence-electron chi connectivity index (χ0n) is 15.8. The number of aromatic nitrogens is 3. The van der Waals surface area contributed by atoms with Crippen molar-refractivity contribution in [3.05, 3.63) is 53.4 Å². The van der Waals surface area contributed by atoms with Gasteiger partial charge in [-0.3, -0.25) is 0 Å². The van der Waals surface area contributed by atoms with Gasteiger partial charge in [0.05, 0.1) is 11.9 Å². The van der Waals surface area contributed by atoms with Crippen LogP contribution in [0.2, 0.25) is 5.02 Å². The van der Waals surface area contributed by atoms with Crippen LogP contribution in [0.4, 0.5) is 21.6 Å². The second kappa shape index (κ2) is 9.20. The first kappa shape index (κ1) is 21.7. The standard InChI is InChI=1S/C18H18ClFN6O3S/c1-30(27,28)23-6-7-29-18-16(24-12-4-5-22-17(21)9-12)10-15(25-26-18)13-8-11(19)2-3-14(13)20/h2-5,8-10,23H,6-7H2,1H3,(H3,21,22,24,25). The van der Waals surface area contributed by atoms with E-state index in [-0.39, 0.29) is 30.3 Å². The molecule has 0 amide bonds. The Balaban J connectivity index is 1.91. The van der Waals surface area contributed by atoms with Crippen LogP contribution in [0.25, 0.3) is 11.3 Å². The Labute approximate surface area is 177 Å². The predicted molar refractivity (Wildman–Crippen MR) is 113 cm³/mol. The number of ether oxygens (including phenoxy) is 1. The summed E-state index contributed by atoms with van der Waals surface area (Å²) in [5.74, 6) is -0.131. The van der Waals surface area contributed by atoms with Crippen LogP contribution in [0.1, 0.15) is 0 Å². The summed E-state index contributed by atoms with van der Waals surface area (Å²) in [6.45, 7) is 0.0343. The summed E-state index contributed by atoms with van der Waals surface area (Å²) in [7, 11) is -3.35. The van der Waals surface area contributed by atoms with Crippen molar-refractivity contribution >= 4 is 38.8 Å². The SMILES string of the molecule is CS(=O)(=O)NCCOc1nnc(-c2cc(Cl)ccc2F)cc1Nc1ccnc(N)c1. The molecule has 12 heteroatoms. The fraction of sp³-hybridized carbons (Fsp3) is 0.167. The van der Waals surface area contributed by atoms with Gasteiger partial charge < -0.3 is 15.8 Å². The van der Waals surface area contributed by atoms with Crippen LogP contribution >= 0.6 is 11.6 Å². The van der Waals surface area contributed by atoms with Gasteiger partial charge in [-0.15, -0.1) is 10.2 Å². The molecule has 0 unspecified atom stereocenters. The van der Waals surface area contributed by atoms with Crippen LogP contribution in [-0.2, 0) is 10.0 Å². The van der Waals surface area contributed by atoms with Gasteiger partial charge in [0, 0.05) is 35.1 Å². The maximum absolute atomic E-state index is 14.3. The van der Waals surface area contributed by atoms with Crippen molar-refractivity contribution in [2.45, 2.75) is 0 Å². The molecular weight excluding hydrogens is 435 g/mol. The third kappa shape index (κ3) is 5.99. The van der Waals surface area contributed by atoms with Gasteiger partial charge in [-0.25, -0.2) is 22.5 Å². The number of pyridine rings is 1. The molecular formula is C18H18ClFN6O3S. The van der Waals surface area contributed by atoms with Gasteiger partial charge in [0.2, 0.25) is 10.0 Å². The largest absolute Gasteiger partial charge is 0.474 e. The number of anilines is 3. The Morgan fingerprint density at radius 1 is 1.20 bits per heavy atom. The topological polar surface area (TPSA) is 132 Å². The average molecular weight is 453 g/mol. The third-order valence-electron chi connectivity index (χ3n) is 3.73. The molecule has 0 fully saturated rings. The van der Waals surface area contributed by atoms with Crippen molar-refractivity contribution in [3.8, 4) is 17.1 Å². The molecule has 0 aliphatic heterocycles. The van der Waals surface area contributed by atoms with Crippen molar-refractivity contribution in [1.82, 2.24) is 19.9 Å². The van der Waals surface area contributed by atoms with E-state index in [0.29, 0.717) is 22.2 Å². The van der Waals surface area contributed by atoms with Gasteiger partial charge in [0.1, 0.15) is 23.9 Å². The van der Waals surface area contributed by atoms with E-state index in [1.165, 1.54) is 30.5 Å². The number of nitrogens with one attached hydrogen (secondary N) is 2. The highest BCUT2D eigenvalue weighted by atomic mass is 35.5. The minimum atomic E-state index is -3.35. The molecule has 0 saturated carbocycles. The molecule has 9 nitrogen and oxygen atoms in total. The summed E-state index contributed by atoms with van der Waals surface area (Å²) in [6, 6.07) is 8.90. The highest BCUT2D eigenvalue weighted by Crippen LogP contribution is 2.31. The van der Waals surface area contributed by atoms with E-state index in [1.807, 2.05) is 0 Å². The summed E-state index contributed by atoms with van der Waals surface area (Å²) in [6.07, 6.45) is 2.56. The molecule has 0 spiro atoms. The lowest BCUT2D eigenvalue weighted by Gasteiger charge is -2.14. The molecule has 1 aromatic carbocycles. The van der Waals surface area contributed by atoms with E-state index in [9.17, 15) is 12.8 Å². The molecule has 2 aromatic heterocycles. The van der Waals surface area contributed by atoms with E-state index < -0.39 is 15.8 Å². The maximum Gasteiger partial charge on any atom is 0.257 e. The maximum atomic E-state index is 14.3. The molecule has 0 bridgehead atoms. The van der Waals surface area contributed by atoms with Crippen molar-refractivity contribution < 1.29 is 17.5 Å². The van der Waals surface area contributed by atoms with Gasteiger partial charge >= 0.3 is 0 Å². The van der Waals surface area contributed by atoms with Gasteiger partial charge in [-0.2, -0.15) is 0 Å². The first-order chi connectivity index (χ1) is 14.2. The monoisotopic (exact) mass is 452 g/mol. The molecule has 0 atom stereocenters. The van der Waals surface area contributed by atoms with Crippen LogP contribution in [0.15, 0.2) is 42.6 Å². The van der Waals surface area contributed by atoms with Crippen molar-refractivity contribution in [2.24, 2.45) is 0 Å². The third-order valence-corrected chi connectivity index (χ3v) is 4.69. The first-order valence-electron chi connectivity index (χ1n) is 8.60. The Bertz CT molecular complexity index is 1160. The van der Waals surface area contributed by atoms with Crippen molar-refractivity contribution in [1.29, 1.82) is 0 Å². The number of rotatable bonds is 8. The molecule has 3 aromatic rings. The minimum absolute atomic E-state index is 0.000211. The summed E-state index contributed by atoms with van der Waals surface area (Å²) in [5, 5.41) is 11.4.